The van der Waals surface area contributed by atoms with Crippen LogP contribution in [-0.2, 0) is 0 Å². The van der Waals surface area contributed by atoms with Gasteiger partial charge in [-0.1, -0.05) is 0 Å². The predicted molar refractivity (Wildman–Crippen MR) is 59.9 cm³/mol. The SMILES string of the molecule is CC(C)N1CC2CC1CN2C(=N)N.Cl. The lowest BCUT2D eigenvalue weighted by molar-refractivity contribution is 0.141. The van der Waals surface area contributed by atoms with Gasteiger partial charge in [0.15, 0.2) is 5.96 Å². The predicted octanol–water partition coefficient (Wildman–Crippen LogP) is 0.469. The molecular formula is C9H19ClN4. The van der Waals surface area contributed by atoms with Gasteiger partial charge in [0.2, 0.25) is 0 Å². The molecule has 2 aliphatic heterocycles. The van der Waals surface area contributed by atoms with Gasteiger partial charge in [-0.15, -0.1) is 12.4 Å². The van der Waals surface area contributed by atoms with Crippen LogP contribution >= 0.6 is 12.4 Å². The van der Waals surface area contributed by atoms with Gasteiger partial charge in [0.1, 0.15) is 0 Å². The molecular weight excluding hydrogens is 200 g/mol. The topological polar surface area (TPSA) is 56.4 Å². The van der Waals surface area contributed by atoms with Gasteiger partial charge in [-0.05, 0) is 20.3 Å². The first-order chi connectivity index (χ1) is 6.09. The van der Waals surface area contributed by atoms with Crippen LogP contribution in [0.25, 0.3) is 0 Å². The lowest BCUT2D eigenvalue weighted by Gasteiger charge is -2.36. The number of halogens is 1. The van der Waals surface area contributed by atoms with Gasteiger partial charge in [0.05, 0.1) is 0 Å². The number of likely N-dealkylation sites (tertiary alicyclic amines) is 2. The van der Waals surface area contributed by atoms with Crippen LogP contribution in [0.15, 0.2) is 0 Å². The summed E-state index contributed by atoms with van der Waals surface area (Å²) in [7, 11) is 0. The molecule has 4 nitrogen and oxygen atoms in total. The van der Waals surface area contributed by atoms with E-state index in [4.69, 9.17) is 11.1 Å². The summed E-state index contributed by atoms with van der Waals surface area (Å²) < 4.78 is 0. The second-order valence-electron chi connectivity index (χ2n) is 4.37. The van der Waals surface area contributed by atoms with Crippen molar-refractivity contribution < 1.29 is 0 Å². The van der Waals surface area contributed by atoms with E-state index in [1.54, 1.807) is 0 Å². The molecule has 2 aliphatic rings. The molecule has 3 N–H and O–H groups in total. The molecule has 2 heterocycles. The van der Waals surface area contributed by atoms with Gasteiger partial charge in [0, 0.05) is 31.2 Å². The number of nitrogens with one attached hydrogen (secondary N) is 1. The molecule has 0 spiro atoms. The summed E-state index contributed by atoms with van der Waals surface area (Å²) in [6, 6.07) is 1.77. The third-order valence-electron chi connectivity index (χ3n) is 3.26. The van der Waals surface area contributed by atoms with Crippen molar-refractivity contribution in [2.45, 2.75) is 38.4 Å². The molecule has 0 aromatic carbocycles. The molecule has 2 atom stereocenters. The first-order valence-corrected chi connectivity index (χ1v) is 4.96. The number of hydrogen-bond acceptors (Lipinski definition) is 2. The highest BCUT2D eigenvalue weighted by Crippen LogP contribution is 2.31. The van der Waals surface area contributed by atoms with Crippen molar-refractivity contribution >= 4 is 18.4 Å². The quantitative estimate of drug-likeness (QED) is 0.497. The smallest absolute Gasteiger partial charge is 0.188 e. The van der Waals surface area contributed by atoms with E-state index in [1.807, 2.05) is 4.90 Å². The van der Waals surface area contributed by atoms with Crippen LogP contribution in [0.2, 0.25) is 0 Å². The van der Waals surface area contributed by atoms with Crippen molar-refractivity contribution in [2.24, 2.45) is 5.73 Å². The summed E-state index contributed by atoms with van der Waals surface area (Å²) in [4.78, 5) is 4.55. The summed E-state index contributed by atoms with van der Waals surface area (Å²) in [5, 5.41) is 7.40. The second kappa shape index (κ2) is 3.95. The largest absolute Gasteiger partial charge is 0.370 e. The van der Waals surface area contributed by atoms with Gasteiger partial charge in [-0.25, -0.2) is 0 Å². The van der Waals surface area contributed by atoms with Gasteiger partial charge in [-0.3, -0.25) is 10.3 Å². The fourth-order valence-electron chi connectivity index (χ4n) is 2.63. The van der Waals surface area contributed by atoms with Gasteiger partial charge in [0.25, 0.3) is 0 Å². The Hall–Kier alpha value is -0.480. The van der Waals surface area contributed by atoms with E-state index in [2.05, 4.69) is 18.7 Å². The minimum absolute atomic E-state index is 0. The number of piperazine rings is 1. The summed E-state index contributed by atoms with van der Waals surface area (Å²) >= 11 is 0. The molecule has 2 rings (SSSR count). The minimum Gasteiger partial charge on any atom is -0.370 e. The third-order valence-corrected chi connectivity index (χ3v) is 3.26. The van der Waals surface area contributed by atoms with E-state index >= 15 is 0 Å². The highest BCUT2D eigenvalue weighted by molar-refractivity contribution is 5.85. The van der Waals surface area contributed by atoms with Crippen molar-refractivity contribution in [3.8, 4) is 0 Å². The van der Waals surface area contributed by atoms with Crippen LogP contribution in [-0.4, -0.2) is 47.0 Å². The summed E-state index contributed by atoms with van der Waals surface area (Å²) in [5.41, 5.74) is 5.50. The van der Waals surface area contributed by atoms with E-state index < -0.39 is 0 Å². The maximum atomic E-state index is 7.40. The van der Waals surface area contributed by atoms with Crippen LogP contribution in [0.5, 0.6) is 0 Å². The molecule has 0 aliphatic carbocycles. The van der Waals surface area contributed by atoms with Crippen LogP contribution in [0, 0.1) is 5.41 Å². The Morgan fingerprint density at radius 1 is 1.36 bits per heavy atom. The number of nitrogens with zero attached hydrogens (tertiary/aromatic N) is 2. The van der Waals surface area contributed by atoms with Gasteiger partial charge in [-0.2, -0.15) is 0 Å². The molecule has 2 bridgehead atoms. The molecule has 0 amide bonds. The Kier molecular flexibility index (Phi) is 3.27. The molecule has 0 saturated carbocycles. The van der Waals surface area contributed by atoms with Crippen LogP contribution in [0.3, 0.4) is 0 Å². The summed E-state index contributed by atoms with van der Waals surface area (Å²) in [5.74, 6) is 0.246. The Morgan fingerprint density at radius 3 is 2.36 bits per heavy atom. The van der Waals surface area contributed by atoms with E-state index in [0.717, 1.165) is 13.1 Å². The number of rotatable bonds is 1. The molecule has 2 fully saturated rings. The molecule has 82 valence electrons. The number of fused-ring (bicyclic) bond motifs is 2. The Bertz CT molecular complexity index is 231. The standard InChI is InChI=1S/C9H18N4.ClH/c1-6(2)12-4-8-3-7(12)5-13(8)9(10)11;/h6-8H,3-5H2,1-2H3,(H3,10,11);1H. The molecule has 2 saturated heterocycles. The van der Waals surface area contributed by atoms with E-state index in [1.165, 1.54) is 6.42 Å². The van der Waals surface area contributed by atoms with Crippen LogP contribution in [0.1, 0.15) is 20.3 Å². The zero-order valence-electron chi connectivity index (χ0n) is 8.73. The highest BCUT2D eigenvalue weighted by atomic mass is 35.5. The lowest BCUT2D eigenvalue weighted by atomic mass is 10.2. The van der Waals surface area contributed by atoms with Gasteiger partial charge < -0.3 is 10.6 Å². The zero-order valence-corrected chi connectivity index (χ0v) is 9.55. The lowest BCUT2D eigenvalue weighted by Crippen LogP contribution is -2.52. The maximum absolute atomic E-state index is 7.40. The fourth-order valence-corrected chi connectivity index (χ4v) is 2.63. The summed E-state index contributed by atoms with van der Waals surface area (Å²) in [6.07, 6.45) is 1.19. The maximum Gasteiger partial charge on any atom is 0.188 e. The molecule has 14 heavy (non-hydrogen) atoms. The van der Waals surface area contributed by atoms with E-state index in [9.17, 15) is 0 Å². The molecule has 0 radical (unpaired) electrons. The highest BCUT2D eigenvalue weighted by Gasteiger charge is 2.44. The third kappa shape index (κ3) is 1.68. The molecule has 2 unspecified atom stereocenters. The first kappa shape index (κ1) is 11.6. The second-order valence-corrected chi connectivity index (χ2v) is 4.37. The normalized spacial score (nSPS) is 30.9. The van der Waals surface area contributed by atoms with Crippen molar-refractivity contribution in [1.29, 1.82) is 5.41 Å². The zero-order chi connectivity index (χ0) is 9.59. The Morgan fingerprint density at radius 2 is 2.00 bits per heavy atom. The Balaban J connectivity index is 0.000000980. The van der Waals surface area contributed by atoms with Crippen molar-refractivity contribution in [2.75, 3.05) is 13.1 Å². The molecule has 0 aromatic heterocycles. The van der Waals surface area contributed by atoms with Crippen molar-refractivity contribution in [1.82, 2.24) is 9.80 Å². The van der Waals surface area contributed by atoms with Gasteiger partial charge >= 0.3 is 0 Å². The van der Waals surface area contributed by atoms with E-state index in [0.29, 0.717) is 18.1 Å². The van der Waals surface area contributed by atoms with Crippen molar-refractivity contribution in [3.05, 3.63) is 0 Å². The van der Waals surface area contributed by atoms with Crippen LogP contribution in [0.4, 0.5) is 0 Å². The average Bonchev–Trinajstić information content (AvgIpc) is 2.60. The number of guanidine groups is 1. The molecule has 0 aromatic rings. The van der Waals surface area contributed by atoms with Crippen LogP contribution < -0.4 is 5.73 Å². The van der Waals surface area contributed by atoms with E-state index in [-0.39, 0.29) is 18.4 Å². The minimum atomic E-state index is 0. The first-order valence-electron chi connectivity index (χ1n) is 4.96. The van der Waals surface area contributed by atoms with Crippen molar-refractivity contribution in [3.63, 3.8) is 0 Å². The Labute approximate surface area is 91.3 Å². The summed E-state index contributed by atoms with van der Waals surface area (Å²) in [6.45, 7) is 6.51. The fraction of sp³-hybridized carbons (Fsp3) is 0.889. The number of hydrogen-bond donors (Lipinski definition) is 2. The monoisotopic (exact) mass is 218 g/mol. The molecule has 5 heteroatoms. The average molecular weight is 219 g/mol. The number of nitrogens with two attached hydrogens (primary N) is 1.